The highest BCUT2D eigenvalue weighted by Gasteiger charge is 2.33. The Morgan fingerprint density at radius 2 is 1.65 bits per heavy atom. The Balaban J connectivity index is 1.99. The minimum Gasteiger partial charge on any atom is -0.325 e. The lowest BCUT2D eigenvalue weighted by atomic mass is 9.90. The second kappa shape index (κ2) is 8.13. The van der Waals surface area contributed by atoms with Crippen molar-refractivity contribution in [3.63, 3.8) is 0 Å². The molecule has 0 saturated heterocycles. The zero-order chi connectivity index (χ0) is 12.6. The molecule has 1 saturated carbocycles. The summed E-state index contributed by atoms with van der Waals surface area (Å²) in [6.07, 6.45) is 16.4. The number of nitrogens with two attached hydrogens (primary N) is 1. The summed E-state index contributed by atoms with van der Waals surface area (Å²) >= 11 is 0. The Hall–Kier alpha value is -0.0400. The Labute approximate surface area is 109 Å². The Morgan fingerprint density at radius 1 is 1.00 bits per heavy atom. The first-order valence-electron chi connectivity index (χ1n) is 7.99. The van der Waals surface area contributed by atoms with Gasteiger partial charge in [-0.15, -0.1) is 0 Å². The molecule has 0 amide bonds. The second-order valence-electron chi connectivity index (χ2n) is 6.25. The summed E-state index contributed by atoms with van der Waals surface area (Å²) in [6.45, 7) is 4.59. The first-order chi connectivity index (χ1) is 8.20. The monoisotopic (exact) mass is 239 g/mol. The van der Waals surface area contributed by atoms with E-state index in [0.29, 0.717) is 0 Å². The molecule has 0 spiro atoms. The molecule has 17 heavy (non-hydrogen) atoms. The third kappa shape index (κ3) is 5.90. The molecular weight excluding hydrogens is 206 g/mol. The van der Waals surface area contributed by atoms with E-state index in [9.17, 15) is 0 Å². The number of hydrogen-bond acceptors (Lipinski definition) is 1. The van der Waals surface area contributed by atoms with Gasteiger partial charge in [-0.3, -0.25) is 0 Å². The first-order valence-corrected chi connectivity index (χ1v) is 7.99. The van der Waals surface area contributed by atoms with Crippen LogP contribution in [0.2, 0.25) is 0 Å². The van der Waals surface area contributed by atoms with Crippen molar-refractivity contribution in [3.05, 3.63) is 0 Å². The van der Waals surface area contributed by atoms with Crippen LogP contribution in [-0.2, 0) is 0 Å². The minimum atomic E-state index is 0.212. The lowest BCUT2D eigenvalue weighted by Gasteiger charge is -2.24. The first kappa shape index (κ1) is 15.0. The fraction of sp³-hybridized carbons (Fsp3) is 1.00. The van der Waals surface area contributed by atoms with Gasteiger partial charge in [-0.1, -0.05) is 65.2 Å². The molecule has 2 atom stereocenters. The normalized spacial score (nSPS) is 28.8. The second-order valence-corrected chi connectivity index (χ2v) is 6.25. The molecular formula is C16H33N. The molecule has 0 bridgehead atoms. The molecule has 102 valence electrons. The van der Waals surface area contributed by atoms with Gasteiger partial charge in [0.2, 0.25) is 0 Å². The molecule has 0 aromatic heterocycles. The summed E-state index contributed by atoms with van der Waals surface area (Å²) in [6, 6.07) is 0. The molecule has 1 rings (SSSR count). The van der Waals surface area contributed by atoms with Crippen molar-refractivity contribution >= 4 is 0 Å². The van der Waals surface area contributed by atoms with Gasteiger partial charge in [0, 0.05) is 5.54 Å². The minimum absolute atomic E-state index is 0.212. The topological polar surface area (TPSA) is 26.0 Å². The lowest BCUT2D eigenvalue weighted by molar-refractivity contribution is 0.365. The van der Waals surface area contributed by atoms with Gasteiger partial charge in [0.25, 0.3) is 0 Å². The number of unbranched alkanes of at least 4 members (excludes halogenated alkanes) is 6. The summed E-state index contributed by atoms with van der Waals surface area (Å²) in [4.78, 5) is 0. The van der Waals surface area contributed by atoms with E-state index in [2.05, 4.69) is 13.8 Å². The molecule has 1 aliphatic carbocycles. The Bertz CT molecular complexity index is 190. The summed E-state index contributed by atoms with van der Waals surface area (Å²) in [5.74, 6) is 0.921. The van der Waals surface area contributed by atoms with E-state index in [4.69, 9.17) is 5.73 Å². The van der Waals surface area contributed by atoms with E-state index in [0.717, 1.165) is 5.92 Å². The fourth-order valence-electron chi connectivity index (χ4n) is 3.28. The van der Waals surface area contributed by atoms with Crippen molar-refractivity contribution in [2.24, 2.45) is 11.7 Å². The van der Waals surface area contributed by atoms with E-state index in [1.165, 1.54) is 77.0 Å². The van der Waals surface area contributed by atoms with E-state index in [-0.39, 0.29) is 5.54 Å². The van der Waals surface area contributed by atoms with Gasteiger partial charge in [0.05, 0.1) is 0 Å². The zero-order valence-corrected chi connectivity index (χ0v) is 12.1. The largest absolute Gasteiger partial charge is 0.325 e. The quantitative estimate of drug-likeness (QED) is 0.561. The molecule has 0 aromatic rings. The SMILES string of the molecule is CCCCCCCCCC1(N)CCC(CC)C1. The maximum Gasteiger partial charge on any atom is 0.0157 e. The standard InChI is InChI=1S/C16H33N/c1-3-5-6-7-8-9-10-12-16(17)13-11-15(4-2)14-16/h15H,3-14,17H2,1-2H3. The van der Waals surface area contributed by atoms with E-state index >= 15 is 0 Å². The van der Waals surface area contributed by atoms with E-state index in [1.54, 1.807) is 0 Å². The van der Waals surface area contributed by atoms with Gasteiger partial charge in [-0.2, -0.15) is 0 Å². The van der Waals surface area contributed by atoms with Gasteiger partial charge >= 0.3 is 0 Å². The Kier molecular flexibility index (Phi) is 7.18. The third-order valence-electron chi connectivity index (χ3n) is 4.60. The predicted octanol–water partition coefficient (Wildman–Crippen LogP) is 5.03. The molecule has 1 fully saturated rings. The van der Waals surface area contributed by atoms with E-state index in [1.807, 2.05) is 0 Å². The molecule has 2 N–H and O–H groups in total. The number of rotatable bonds is 9. The third-order valence-corrected chi connectivity index (χ3v) is 4.60. The van der Waals surface area contributed by atoms with Crippen LogP contribution >= 0.6 is 0 Å². The van der Waals surface area contributed by atoms with Gasteiger partial charge < -0.3 is 5.73 Å². The van der Waals surface area contributed by atoms with Gasteiger partial charge in [-0.25, -0.2) is 0 Å². The predicted molar refractivity (Wildman–Crippen MR) is 77.2 cm³/mol. The van der Waals surface area contributed by atoms with Crippen LogP contribution in [-0.4, -0.2) is 5.54 Å². The van der Waals surface area contributed by atoms with Crippen molar-refractivity contribution in [1.82, 2.24) is 0 Å². The summed E-state index contributed by atoms with van der Waals surface area (Å²) in [5.41, 5.74) is 6.70. The molecule has 0 heterocycles. The van der Waals surface area contributed by atoms with Gasteiger partial charge in [0.15, 0.2) is 0 Å². The van der Waals surface area contributed by atoms with Crippen LogP contribution in [0.3, 0.4) is 0 Å². The van der Waals surface area contributed by atoms with Crippen molar-refractivity contribution < 1.29 is 0 Å². The maximum absolute atomic E-state index is 6.49. The molecule has 1 aliphatic rings. The van der Waals surface area contributed by atoms with Gasteiger partial charge in [-0.05, 0) is 31.6 Å². The molecule has 0 aliphatic heterocycles. The average Bonchev–Trinajstić information content (AvgIpc) is 2.70. The van der Waals surface area contributed by atoms with Crippen LogP contribution in [0.15, 0.2) is 0 Å². The van der Waals surface area contributed by atoms with E-state index < -0.39 is 0 Å². The van der Waals surface area contributed by atoms with Crippen LogP contribution in [0.5, 0.6) is 0 Å². The van der Waals surface area contributed by atoms with Crippen LogP contribution in [0, 0.1) is 5.92 Å². The van der Waals surface area contributed by atoms with Crippen LogP contribution in [0.1, 0.15) is 90.9 Å². The summed E-state index contributed by atoms with van der Waals surface area (Å²) in [5, 5.41) is 0. The maximum atomic E-state index is 6.49. The zero-order valence-electron chi connectivity index (χ0n) is 12.1. The highest BCUT2D eigenvalue weighted by Crippen LogP contribution is 2.37. The van der Waals surface area contributed by atoms with Crippen molar-refractivity contribution in [3.8, 4) is 0 Å². The van der Waals surface area contributed by atoms with Crippen LogP contribution in [0.25, 0.3) is 0 Å². The number of hydrogen-bond donors (Lipinski definition) is 1. The highest BCUT2D eigenvalue weighted by atomic mass is 14.8. The van der Waals surface area contributed by atoms with Gasteiger partial charge in [0.1, 0.15) is 0 Å². The Morgan fingerprint density at radius 3 is 2.24 bits per heavy atom. The van der Waals surface area contributed by atoms with Crippen LogP contribution in [0.4, 0.5) is 0 Å². The lowest BCUT2D eigenvalue weighted by Crippen LogP contribution is -2.36. The molecule has 0 radical (unpaired) electrons. The smallest absolute Gasteiger partial charge is 0.0157 e. The average molecular weight is 239 g/mol. The van der Waals surface area contributed by atoms with Crippen LogP contribution < -0.4 is 5.73 Å². The van der Waals surface area contributed by atoms with Crippen molar-refractivity contribution in [2.75, 3.05) is 0 Å². The summed E-state index contributed by atoms with van der Waals surface area (Å²) in [7, 11) is 0. The molecule has 1 heteroatoms. The summed E-state index contributed by atoms with van der Waals surface area (Å²) < 4.78 is 0. The van der Waals surface area contributed by atoms with Crippen molar-refractivity contribution in [2.45, 2.75) is 96.4 Å². The van der Waals surface area contributed by atoms with Crippen molar-refractivity contribution in [1.29, 1.82) is 0 Å². The molecule has 0 aromatic carbocycles. The molecule has 2 unspecified atom stereocenters. The highest BCUT2D eigenvalue weighted by molar-refractivity contribution is 4.92. The molecule has 1 nitrogen and oxygen atoms in total. The fourth-order valence-corrected chi connectivity index (χ4v) is 3.28.